The Morgan fingerprint density at radius 3 is 2.47 bits per heavy atom. The molecule has 0 bridgehead atoms. The van der Waals surface area contributed by atoms with Gasteiger partial charge in [-0.2, -0.15) is 0 Å². The third-order valence-electron chi connectivity index (χ3n) is 6.33. The molecule has 2 fully saturated rings. The lowest BCUT2D eigenvalue weighted by Crippen LogP contribution is -2.41. The van der Waals surface area contributed by atoms with Crippen LogP contribution >= 0.6 is 0 Å². The molecule has 160 valence electrons. The lowest BCUT2D eigenvalue weighted by molar-refractivity contribution is -0.126. The molecule has 0 radical (unpaired) electrons. The molecule has 2 saturated heterocycles. The molecule has 0 unspecified atom stereocenters. The molecule has 6 heteroatoms. The summed E-state index contributed by atoms with van der Waals surface area (Å²) in [5, 5.41) is 3.13. The van der Waals surface area contributed by atoms with Crippen molar-refractivity contribution in [2.24, 2.45) is 11.8 Å². The average Bonchev–Trinajstić information content (AvgIpc) is 3.24. The Kier molecular flexibility index (Phi) is 6.62. The standard InChI is InChI=1S/C24H29F2N3O/c25-22-7-6-21(14-23(22)26)29-13-8-19(17-29)15-27-24(30)20-9-11-28(12-10-20)16-18-4-2-1-3-5-18/h1-7,14,19-20H,8-13,15-17H2,(H,27,30)/t19-/m0/s1. The van der Waals surface area contributed by atoms with Crippen LogP contribution < -0.4 is 10.2 Å². The van der Waals surface area contributed by atoms with E-state index in [9.17, 15) is 13.6 Å². The van der Waals surface area contributed by atoms with Crippen molar-refractivity contribution in [2.75, 3.05) is 37.6 Å². The first-order valence-corrected chi connectivity index (χ1v) is 10.8. The molecular formula is C24H29F2N3O. The maximum Gasteiger partial charge on any atom is 0.223 e. The van der Waals surface area contributed by atoms with Gasteiger partial charge < -0.3 is 10.2 Å². The molecule has 2 aromatic rings. The Morgan fingerprint density at radius 1 is 0.967 bits per heavy atom. The molecule has 4 rings (SSSR count). The number of carbonyl (C=O) groups is 1. The first-order valence-electron chi connectivity index (χ1n) is 10.8. The van der Waals surface area contributed by atoms with E-state index >= 15 is 0 Å². The minimum Gasteiger partial charge on any atom is -0.371 e. The summed E-state index contributed by atoms with van der Waals surface area (Å²) in [6, 6.07) is 14.5. The Morgan fingerprint density at radius 2 is 1.73 bits per heavy atom. The highest BCUT2D eigenvalue weighted by atomic mass is 19.2. The minimum atomic E-state index is -0.823. The number of amides is 1. The van der Waals surface area contributed by atoms with Crippen molar-refractivity contribution >= 4 is 11.6 Å². The van der Waals surface area contributed by atoms with Crippen molar-refractivity contribution in [1.82, 2.24) is 10.2 Å². The summed E-state index contributed by atoms with van der Waals surface area (Å²) in [4.78, 5) is 17.1. The molecule has 1 amide bonds. The largest absolute Gasteiger partial charge is 0.371 e. The summed E-state index contributed by atoms with van der Waals surface area (Å²) in [7, 11) is 0. The molecule has 0 saturated carbocycles. The Balaban J connectivity index is 1.19. The number of hydrogen-bond acceptors (Lipinski definition) is 3. The Bertz CT molecular complexity index is 853. The van der Waals surface area contributed by atoms with Crippen LogP contribution in [0, 0.1) is 23.5 Å². The molecule has 0 aliphatic carbocycles. The van der Waals surface area contributed by atoms with Crippen LogP contribution in [0.5, 0.6) is 0 Å². The van der Waals surface area contributed by atoms with Crippen LogP contribution in [0.1, 0.15) is 24.8 Å². The van der Waals surface area contributed by atoms with Crippen molar-refractivity contribution in [2.45, 2.75) is 25.8 Å². The van der Waals surface area contributed by atoms with Crippen molar-refractivity contribution < 1.29 is 13.6 Å². The van der Waals surface area contributed by atoms with Crippen LogP contribution in [0.2, 0.25) is 0 Å². The van der Waals surface area contributed by atoms with Crippen LogP contribution in [0.3, 0.4) is 0 Å². The van der Waals surface area contributed by atoms with E-state index in [1.54, 1.807) is 6.07 Å². The first-order chi connectivity index (χ1) is 14.6. The normalized spacial score (nSPS) is 20.5. The first kappa shape index (κ1) is 20.8. The van der Waals surface area contributed by atoms with Gasteiger partial charge in [0.2, 0.25) is 5.91 Å². The number of anilines is 1. The molecule has 2 heterocycles. The topological polar surface area (TPSA) is 35.6 Å². The van der Waals surface area contributed by atoms with Gasteiger partial charge in [-0.3, -0.25) is 9.69 Å². The molecule has 1 N–H and O–H groups in total. The van der Waals surface area contributed by atoms with E-state index in [-0.39, 0.29) is 11.8 Å². The van der Waals surface area contributed by atoms with Gasteiger partial charge >= 0.3 is 0 Å². The summed E-state index contributed by atoms with van der Waals surface area (Å²) >= 11 is 0. The SMILES string of the molecule is O=C(NC[C@@H]1CCN(c2ccc(F)c(F)c2)C1)C1CCN(Cc2ccccc2)CC1. The number of nitrogens with one attached hydrogen (secondary N) is 1. The maximum absolute atomic E-state index is 13.5. The number of rotatable bonds is 6. The van der Waals surface area contributed by atoms with Crippen molar-refractivity contribution in [3.05, 3.63) is 65.7 Å². The molecule has 0 spiro atoms. The van der Waals surface area contributed by atoms with Gasteiger partial charge in [0.05, 0.1) is 0 Å². The van der Waals surface area contributed by atoms with Crippen LogP contribution in [0.4, 0.5) is 14.5 Å². The lowest BCUT2D eigenvalue weighted by atomic mass is 9.95. The number of piperidine rings is 1. The van der Waals surface area contributed by atoms with Crippen LogP contribution in [-0.4, -0.2) is 43.5 Å². The van der Waals surface area contributed by atoms with E-state index in [4.69, 9.17) is 0 Å². The van der Waals surface area contributed by atoms with Gasteiger partial charge in [-0.15, -0.1) is 0 Å². The molecule has 30 heavy (non-hydrogen) atoms. The van der Waals surface area contributed by atoms with Gasteiger partial charge in [0.15, 0.2) is 11.6 Å². The molecule has 4 nitrogen and oxygen atoms in total. The fourth-order valence-electron chi connectivity index (χ4n) is 4.50. The van der Waals surface area contributed by atoms with Gasteiger partial charge in [-0.25, -0.2) is 8.78 Å². The number of halogens is 2. The third kappa shape index (κ3) is 5.17. The third-order valence-corrected chi connectivity index (χ3v) is 6.33. The van der Waals surface area contributed by atoms with Crippen molar-refractivity contribution in [1.29, 1.82) is 0 Å². The summed E-state index contributed by atoms with van der Waals surface area (Å²) in [6.45, 7) is 5.02. The summed E-state index contributed by atoms with van der Waals surface area (Å²) in [5.41, 5.74) is 2.01. The number of benzene rings is 2. The molecule has 1 atom stereocenters. The zero-order valence-electron chi connectivity index (χ0n) is 17.2. The smallest absolute Gasteiger partial charge is 0.223 e. The van der Waals surface area contributed by atoms with E-state index in [0.29, 0.717) is 18.2 Å². The fourth-order valence-corrected chi connectivity index (χ4v) is 4.50. The second-order valence-corrected chi connectivity index (χ2v) is 8.48. The van der Waals surface area contributed by atoms with E-state index in [2.05, 4.69) is 39.4 Å². The lowest BCUT2D eigenvalue weighted by Gasteiger charge is -2.31. The van der Waals surface area contributed by atoms with E-state index in [0.717, 1.165) is 52.0 Å². The molecular weight excluding hydrogens is 384 g/mol. The highest BCUT2D eigenvalue weighted by Crippen LogP contribution is 2.25. The van der Waals surface area contributed by atoms with Crippen molar-refractivity contribution in [3.63, 3.8) is 0 Å². The van der Waals surface area contributed by atoms with Crippen LogP contribution in [-0.2, 0) is 11.3 Å². The summed E-state index contributed by atoms with van der Waals surface area (Å²) < 4.78 is 26.6. The second kappa shape index (κ2) is 9.56. The summed E-state index contributed by atoms with van der Waals surface area (Å²) in [6.07, 6.45) is 2.73. The molecule has 2 aliphatic heterocycles. The van der Waals surface area contributed by atoms with Gasteiger partial charge in [0, 0.05) is 43.9 Å². The minimum absolute atomic E-state index is 0.0840. The fraction of sp³-hybridized carbons (Fsp3) is 0.458. The Labute approximate surface area is 176 Å². The predicted molar refractivity (Wildman–Crippen MR) is 114 cm³/mol. The quantitative estimate of drug-likeness (QED) is 0.782. The van der Waals surface area contributed by atoms with Gasteiger partial charge in [-0.05, 0) is 56.0 Å². The van der Waals surface area contributed by atoms with Crippen LogP contribution in [0.25, 0.3) is 0 Å². The van der Waals surface area contributed by atoms with Crippen LogP contribution in [0.15, 0.2) is 48.5 Å². The number of nitrogens with zero attached hydrogens (tertiary/aromatic N) is 2. The zero-order valence-corrected chi connectivity index (χ0v) is 17.2. The highest BCUT2D eigenvalue weighted by molar-refractivity contribution is 5.78. The monoisotopic (exact) mass is 413 g/mol. The number of carbonyl (C=O) groups excluding carboxylic acids is 1. The Hall–Kier alpha value is -2.47. The van der Waals surface area contributed by atoms with Gasteiger partial charge in [0.25, 0.3) is 0 Å². The van der Waals surface area contributed by atoms with Crippen molar-refractivity contribution in [3.8, 4) is 0 Å². The molecule has 2 aromatic carbocycles. The zero-order chi connectivity index (χ0) is 20.9. The van der Waals surface area contributed by atoms with Gasteiger partial charge in [-0.1, -0.05) is 30.3 Å². The van der Waals surface area contributed by atoms with E-state index < -0.39 is 11.6 Å². The molecule has 2 aliphatic rings. The van der Waals surface area contributed by atoms with E-state index in [1.165, 1.54) is 17.7 Å². The van der Waals surface area contributed by atoms with Gasteiger partial charge in [0.1, 0.15) is 0 Å². The number of likely N-dealkylation sites (tertiary alicyclic amines) is 1. The predicted octanol–water partition coefficient (Wildman–Crippen LogP) is 3.82. The second-order valence-electron chi connectivity index (χ2n) is 8.48. The highest BCUT2D eigenvalue weighted by Gasteiger charge is 2.27. The van der Waals surface area contributed by atoms with E-state index in [1.807, 2.05) is 6.07 Å². The average molecular weight is 414 g/mol. The summed E-state index contributed by atoms with van der Waals surface area (Å²) in [5.74, 6) is -1.07. The maximum atomic E-state index is 13.5. The number of hydrogen-bond donors (Lipinski definition) is 1. The molecule has 0 aromatic heterocycles.